The summed E-state index contributed by atoms with van der Waals surface area (Å²) in [6.07, 6.45) is 6.50. The topological polar surface area (TPSA) is 37.3 Å². The van der Waals surface area contributed by atoms with E-state index in [9.17, 15) is 4.79 Å². The van der Waals surface area contributed by atoms with Crippen LogP contribution in [-0.2, 0) is 6.42 Å². The van der Waals surface area contributed by atoms with E-state index in [1.807, 2.05) is 12.1 Å². The lowest BCUT2D eigenvalue weighted by atomic mass is 9.97. The summed E-state index contributed by atoms with van der Waals surface area (Å²) in [5.41, 5.74) is 1.65. The summed E-state index contributed by atoms with van der Waals surface area (Å²) < 4.78 is 0. The largest absolute Gasteiger partial charge is 0.478 e. The number of benzene rings is 1. The van der Waals surface area contributed by atoms with Crippen molar-refractivity contribution in [3.8, 4) is 0 Å². The van der Waals surface area contributed by atoms with Gasteiger partial charge in [-0.15, -0.1) is 0 Å². The molecule has 0 saturated heterocycles. The minimum Gasteiger partial charge on any atom is -0.478 e. The van der Waals surface area contributed by atoms with Crippen LogP contribution in [0.3, 0.4) is 0 Å². The lowest BCUT2D eigenvalue weighted by Gasteiger charge is -2.08. The Bertz CT molecular complexity index is 334. The summed E-state index contributed by atoms with van der Waals surface area (Å²) in [5.74, 6) is -0.0249. The molecule has 0 unspecified atom stereocenters. The second-order valence-corrected chi connectivity index (χ2v) is 4.36. The summed E-state index contributed by atoms with van der Waals surface area (Å²) in [7, 11) is 0. The molecule has 15 heavy (non-hydrogen) atoms. The van der Waals surface area contributed by atoms with Crippen molar-refractivity contribution in [2.24, 2.45) is 5.92 Å². The highest BCUT2D eigenvalue weighted by molar-refractivity contribution is 5.87. The van der Waals surface area contributed by atoms with Crippen molar-refractivity contribution in [2.45, 2.75) is 32.1 Å². The molecular formula is C13H16O2. The van der Waals surface area contributed by atoms with E-state index in [4.69, 9.17) is 5.11 Å². The van der Waals surface area contributed by atoms with Gasteiger partial charge in [0, 0.05) is 0 Å². The molecule has 0 heterocycles. The minimum absolute atomic E-state index is 0.380. The summed E-state index contributed by atoms with van der Waals surface area (Å²) in [5, 5.41) is 8.76. The molecule has 1 fully saturated rings. The van der Waals surface area contributed by atoms with Gasteiger partial charge in [0.05, 0.1) is 5.56 Å². The van der Waals surface area contributed by atoms with Crippen molar-refractivity contribution in [3.63, 3.8) is 0 Å². The van der Waals surface area contributed by atoms with Crippen molar-refractivity contribution < 1.29 is 9.90 Å². The molecule has 0 radical (unpaired) electrons. The third kappa shape index (κ3) is 2.58. The zero-order valence-electron chi connectivity index (χ0n) is 8.78. The molecule has 1 N–H and O–H groups in total. The molecule has 1 aliphatic rings. The van der Waals surface area contributed by atoms with Crippen LogP contribution < -0.4 is 0 Å². The Balaban J connectivity index is 2.00. The maximum Gasteiger partial charge on any atom is 0.335 e. The third-order valence-electron chi connectivity index (χ3n) is 3.20. The molecule has 0 amide bonds. The molecule has 1 aromatic rings. The fraction of sp³-hybridized carbons (Fsp3) is 0.462. The lowest BCUT2D eigenvalue weighted by molar-refractivity contribution is 0.0697. The minimum atomic E-state index is -0.845. The summed E-state index contributed by atoms with van der Waals surface area (Å²) in [6, 6.07) is 7.29. The van der Waals surface area contributed by atoms with Crippen molar-refractivity contribution in [1.29, 1.82) is 0 Å². The number of aromatic carboxylic acids is 1. The average molecular weight is 204 g/mol. The Morgan fingerprint density at radius 2 is 1.80 bits per heavy atom. The fourth-order valence-electron chi connectivity index (χ4n) is 2.33. The molecule has 0 bridgehead atoms. The SMILES string of the molecule is O=C(O)c1ccc(CC2CCCC2)cc1. The number of carboxylic acids is 1. The van der Waals surface area contributed by atoms with Crippen LogP contribution in [0.1, 0.15) is 41.6 Å². The monoisotopic (exact) mass is 204 g/mol. The zero-order valence-corrected chi connectivity index (χ0v) is 8.78. The third-order valence-corrected chi connectivity index (χ3v) is 3.20. The molecule has 1 aromatic carbocycles. The number of carbonyl (C=O) groups is 1. The van der Waals surface area contributed by atoms with Gasteiger partial charge in [-0.3, -0.25) is 0 Å². The number of carboxylic acid groups (broad SMARTS) is 1. The summed E-state index contributed by atoms with van der Waals surface area (Å²) in [4.78, 5) is 10.7. The highest BCUT2D eigenvalue weighted by atomic mass is 16.4. The molecule has 0 aliphatic heterocycles. The van der Waals surface area contributed by atoms with Crippen LogP contribution in [0.4, 0.5) is 0 Å². The van der Waals surface area contributed by atoms with Gasteiger partial charge in [-0.25, -0.2) is 4.79 Å². The van der Waals surface area contributed by atoms with E-state index < -0.39 is 5.97 Å². The Kier molecular flexibility index (Phi) is 3.05. The van der Waals surface area contributed by atoms with Gasteiger partial charge in [0.15, 0.2) is 0 Å². The second kappa shape index (κ2) is 4.47. The standard InChI is InChI=1S/C13H16O2/c14-13(15)12-7-5-11(6-8-12)9-10-3-1-2-4-10/h5-8,10H,1-4,9H2,(H,14,15). The van der Waals surface area contributed by atoms with E-state index in [1.165, 1.54) is 31.2 Å². The van der Waals surface area contributed by atoms with Crippen molar-refractivity contribution in [2.75, 3.05) is 0 Å². The van der Waals surface area contributed by atoms with Gasteiger partial charge in [0.1, 0.15) is 0 Å². The highest BCUT2D eigenvalue weighted by Crippen LogP contribution is 2.27. The second-order valence-electron chi connectivity index (χ2n) is 4.36. The Morgan fingerprint density at radius 1 is 1.20 bits per heavy atom. The van der Waals surface area contributed by atoms with Crippen LogP contribution in [0.5, 0.6) is 0 Å². The van der Waals surface area contributed by atoms with Crippen molar-refractivity contribution in [1.82, 2.24) is 0 Å². The summed E-state index contributed by atoms with van der Waals surface area (Å²) >= 11 is 0. The van der Waals surface area contributed by atoms with E-state index in [1.54, 1.807) is 12.1 Å². The van der Waals surface area contributed by atoms with Gasteiger partial charge in [0.2, 0.25) is 0 Å². The molecule has 2 rings (SSSR count). The van der Waals surface area contributed by atoms with Crippen LogP contribution >= 0.6 is 0 Å². The number of rotatable bonds is 3. The first-order chi connectivity index (χ1) is 7.25. The Morgan fingerprint density at radius 3 is 2.33 bits per heavy atom. The first-order valence-electron chi connectivity index (χ1n) is 5.58. The van der Waals surface area contributed by atoms with E-state index >= 15 is 0 Å². The lowest BCUT2D eigenvalue weighted by Crippen LogP contribution is -2.00. The molecule has 2 nitrogen and oxygen atoms in total. The van der Waals surface area contributed by atoms with Crippen LogP contribution in [0.15, 0.2) is 24.3 Å². The predicted molar refractivity (Wildman–Crippen MR) is 59.1 cm³/mol. The molecule has 0 aromatic heterocycles. The van der Waals surface area contributed by atoms with Crippen LogP contribution in [0.2, 0.25) is 0 Å². The summed E-state index contributed by atoms with van der Waals surface area (Å²) in [6.45, 7) is 0. The number of hydrogen-bond acceptors (Lipinski definition) is 1. The van der Waals surface area contributed by atoms with Crippen molar-refractivity contribution >= 4 is 5.97 Å². The first kappa shape index (κ1) is 10.2. The molecule has 0 spiro atoms. The van der Waals surface area contributed by atoms with Crippen LogP contribution in [0.25, 0.3) is 0 Å². The Hall–Kier alpha value is -1.31. The Labute approximate surface area is 89.9 Å². The molecule has 1 aliphatic carbocycles. The molecule has 2 heteroatoms. The fourth-order valence-corrected chi connectivity index (χ4v) is 2.33. The van der Waals surface area contributed by atoms with E-state index in [-0.39, 0.29) is 0 Å². The maximum atomic E-state index is 10.7. The molecule has 1 saturated carbocycles. The highest BCUT2D eigenvalue weighted by Gasteiger charge is 2.15. The van der Waals surface area contributed by atoms with E-state index in [0.717, 1.165) is 12.3 Å². The van der Waals surface area contributed by atoms with Crippen LogP contribution in [0, 0.1) is 5.92 Å². The van der Waals surface area contributed by atoms with E-state index in [2.05, 4.69) is 0 Å². The normalized spacial score (nSPS) is 16.8. The average Bonchev–Trinajstić information content (AvgIpc) is 2.71. The zero-order chi connectivity index (χ0) is 10.7. The van der Waals surface area contributed by atoms with Crippen LogP contribution in [-0.4, -0.2) is 11.1 Å². The van der Waals surface area contributed by atoms with Gasteiger partial charge >= 0.3 is 5.97 Å². The van der Waals surface area contributed by atoms with Gasteiger partial charge in [-0.2, -0.15) is 0 Å². The van der Waals surface area contributed by atoms with E-state index in [0.29, 0.717) is 5.56 Å². The molecular weight excluding hydrogens is 188 g/mol. The first-order valence-corrected chi connectivity index (χ1v) is 5.58. The molecule has 80 valence electrons. The number of hydrogen-bond donors (Lipinski definition) is 1. The smallest absolute Gasteiger partial charge is 0.335 e. The molecule has 0 atom stereocenters. The van der Waals surface area contributed by atoms with Gasteiger partial charge in [0.25, 0.3) is 0 Å². The van der Waals surface area contributed by atoms with Gasteiger partial charge in [-0.1, -0.05) is 37.8 Å². The van der Waals surface area contributed by atoms with Crippen molar-refractivity contribution in [3.05, 3.63) is 35.4 Å². The van der Waals surface area contributed by atoms with Gasteiger partial charge in [-0.05, 0) is 30.0 Å². The predicted octanol–water partition coefficient (Wildman–Crippen LogP) is 3.12. The maximum absolute atomic E-state index is 10.7. The quantitative estimate of drug-likeness (QED) is 0.821. The van der Waals surface area contributed by atoms with Gasteiger partial charge < -0.3 is 5.11 Å².